The smallest absolute Gasteiger partial charge is 0.0645 e. The Balaban J connectivity index is 0.000000686. The number of terminal acetylenes is 1. The molecule has 0 amide bonds. The summed E-state index contributed by atoms with van der Waals surface area (Å²) in [5.74, 6) is 2.64. The first-order valence-electron chi connectivity index (χ1n) is 5.85. The number of nitrogens with zero attached hydrogens (tertiary/aromatic N) is 2. The van der Waals surface area contributed by atoms with E-state index in [4.69, 9.17) is 6.42 Å². The minimum atomic E-state index is 0.638. The van der Waals surface area contributed by atoms with E-state index in [0.717, 1.165) is 16.9 Å². The van der Waals surface area contributed by atoms with Crippen molar-refractivity contribution in [2.45, 2.75) is 27.2 Å². The van der Waals surface area contributed by atoms with Gasteiger partial charge in [-0.3, -0.25) is 0 Å². The molecule has 2 nitrogen and oxygen atoms in total. The number of aryl methyl sites for hydroxylation is 1. The second-order valence-electron chi connectivity index (χ2n) is 3.40. The Hall–Kier alpha value is -2.01. The maximum absolute atomic E-state index is 5.29. The molecule has 2 aromatic rings. The monoisotopic (exact) mass is 226 g/mol. The van der Waals surface area contributed by atoms with Crippen LogP contribution in [0.1, 0.15) is 25.1 Å². The van der Waals surface area contributed by atoms with E-state index in [-0.39, 0.29) is 0 Å². The molecule has 0 saturated carbocycles. The Morgan fingerprint density at radius 2 is 1.88 bits per heavy atom. The van der Waals surface area contributed by atoms with Gasteiger partial charge in [-0.2, -0.15) is 5.10 Å². The van der Waals surface area contributed by atoms with E-state index >= 15 is 0 Å². The molecule has 1 aromatic heterocycles. The minimum Gasteiger partial charge on any atom is -0.240 e. The molecule has 0 aliphatic heterocycles. The van der Waals surface area contributed by atoms with Gasteiger partial charge in [0.1, 0.15) is 0 Å². The first-order valence-corrected chi connectivity index (χ1v) is 5.85. The molecule has 0 saturated heterocycles. The molecule has 0 unspecified atom stereocenters. The van der Waals surface area contributed by atoms with Crippen molar-refractivity contribution in [3.63, 3.8) is 0 Å². The molecule has 2 heteroatoms. The maximum Gasteiger partial charge on any atom is 0.0645 e. The molecule has 0 aliphatic rings. The predicted molar refractivity (Wildman–Crippen MR) is 72.2 cm³/mol. The first kappa shape index (κ1) is 13.1. The van der Waals surface area contributed by atoms with Gasteiger partial charge in [0.15, 0.2) is 0 Å². The summed E-state index contributed by atoms with van der Waals surface area (Å²) in [6.45, 7) is 5.98. The summed E-state index contributed by atoms with van der Waals surface area (Å²) in [5, 5.41) is 4.42. The minimum absolute atomic E-state index is 0.638. The summed E-state index contributed by atoms with van der Waals surface area (Å²) in [5.41, 5.74) is 3.17. The average molecular weight is 226 g/mol. The lowest BCUT2D eigenvalue weighted by Crippen LogP contribution is -1.93. The molecule has 0 N–H and O–H groups in total. The molecule has 1 aromatic carbocycles. The largest absolute Gasteiger partial charge is 0.240 e. The van der Waals surface area contributed by atoms with Crippen LogP contribution in [0.25, 0.3) is 5.69 Å². The Labute approximate surface area is 103 Å². The van der Waals surface area contributed by atoms with Crippen molar-refractivity contribution >= 4 is 0 Å². The lowest BCUT2D eigenvalue weighted by molar-refractivity contribution is 0.863. The fourth-order valence-electron chi connectivity index (χ4n) is 1.49. The van der Waals surface area contributed by atoms with Gasteiger partial charge in [-0.25, -0.2) is 4.68 Å². The van der Waals surface area contributed by atoms with Crippen molar-refractivity contribution in [1.82, 2.24) is 9.78 Å². The fourth-order valence-corrected chi connectivity index (χ4v) is 1.49. The van der Waals surface area contributed by atoms with Crippen molar-refractivity contribution in [2.24, 2.45) is 0 Å². The Bertz CT molecular complexity index is 489. The zero-order chi connectivity index (χ0) is 12.7. The van der Waals surface area contributed by atoms with Crippen molar-refractivity contribution < 1.29 is 0 Å². The van der Waals surface area contributed by atoms with Crippen molar-refractivity contribution in [2.75, 3.05) is 0 Å². The summed E-state index contributed by atoms with van der Waals surface area (Å²) in [7, 11) is 0. The van der Waals surface area contributed by atoms with Gasteiger partial charge in [-0.05, 0) is 19.1 Å². The van der Waals surface area contributed by atoms with Gasteiger partial charge >= 0.3 is 0 Å². The third-order valence-corrected chi connectivity index (χ3v) is 2.31. The van der Waals surface area contributed by atoms with Crippen molar-refractivity contribution in [1.29, 1.82) is 0 Å². The quantitative estimate of drug-likeness (QED) is 0.718. The number of benzene rings is 1. The molecule has 2 rings (SSSR count). The van der Waals surface area contributed by atoms with Gasteiger partial charge in [-0.1, -0.05) is 32.0 Å². The van der Waals surface area contributed by atoms with Gasteiger partial charge in [0, 0.05) is 18.2 Å². The highest BCUT2D eigenvalue weighted by atomic mass is 15.3. The van der Waals surface area contributed by atoms with Crippen LogP contribution in [0.3, 0.4) is 0 Å². The molecule has 88 valence electrons. The van der Waals surface area contributed by atoms with Crippen LogP contribution in [-0.2, 0) is 6.42 Å². The number of hydrogen-bond acceptors (Lipinski definition) is 1. The second-order valence-corrected chi connectivity index (χ2v) is 3.40. The third-order valence-electron chi connectivity index (χ3n) is 2.31. The number of aromatic nitrogens is 2. The molecule has 0 aliphatic carbocycles. The number of rotatable bonds is 2. The molecule has 0 radical (unpaired) electrons. The van der Waals surface area contributed by atoms with E-state index in [0.29, 0.717) is 6.42 Å². The summed E-state index contributed by atoms with van der Waals surface area (Å²) in [6, 6.07) is 10.0. The normalized spacial score (nSPS) is 9.06. The lowest BCUT2D eigenvalue weighted by Gasteiger charge is -1.98. The van der Waals surface area contributed by atoms with E-state index in [1.807, 2.05) is 62.0 Å². The zero-order valence-electron chi connectivity index (χ0n) is 10.6. The zero-order valence-corrected chi connectivity index (χ0v) is 10.6. The number of para-hydroxylation sites is 1. The molecule has 1 heterocycles. The molecule has 0 fully saturated rings. The van der Waals surface area contributed by atoms with Gasteiger partial charge in [0.05, 0.1) is 11.4 Å². The van der Waals surface area contributed by atoms with Gasteiger partial charge in [0.25, 0.3) is 0 Å². The van der Waals surface area contributed by atoms with Crippen LogP contribution in [0, 0.1) is 19.3 Å². The SMILES string of the molecule is C#CCc1cn(-c2ccccc2)nc1C.CC. The molecular formula is C15H18N2. The van der Waals surface area contributed by atoms with Gasteiger partial charge < -0.3 is 0 Å². The summed E-state index contributed by atoms with van der Waals surface area (Å²) in [4.78, 5) is 0. The van der Waals surface area contributed by atoms with Crippen LogP contribution < -0.4 is 0 Å². The second kappa shape index (κ2) is 6.55. The van der Waals surface area contributed by atoms with Crippen LogP contribution in [0.5, 0.6) is 0 Å². The fraction of sp³-hybridized carbons (Fsp3) is 0.267. The Morgan fingerprint density at radius 1 is 1.24 bits per heavy atom. The van der Waals surface area contributed by atoms with Crippen LogP contribution in [0.4, 0.5) is 0 Å². The summed E-state index contributed by atoms with van der Waals surface area (Å²) < 4.78 is 1.86. The van der Waals surface area contributed by atoms with Crippen molar-refractivity contribution in [3.05, 3.63) is 47.8 Å². The molecule has 17 heavy (non-hydrogen) atoms. The highest BCUT2D eigenvalue weighted by molar-refractivity contribution is 5.33. The van der Waals surface area contributed by atoms with Crippen LogP contribution in [0.2, 0.25) is 0 Å². The van der Waals surface area contributed by atoms with Gasteiger partial charge in [0.2, 0.25) is 0 Å². The van der Waals surface area contributed by atoms with E-state index in [2.05, 4.69) is 11.0 Å². The topological polar surface area (TPSA) is 17.8 Å². The van der Waals surface area contributed by atoms with E-state index < -0.39 is 0 Å². The highest BCUT2D eigenvalue weighted by Gasteiger charge is 2.04. The highest BCUT2D eigenvalue weighted by Crippen LogP contribution is 2.11. The van der Waals surface area contributed by atoms with Crippen LogP contribution in [-0.4, -0.2) is 9.78 Å². The third kappa shape index (κ3) is 3.22. The standard InChI is InChI=1S/C13H12N2.C2H6/c1-3-7-12-10-15(14-11(12)2)13-8-5-4-6-9-13;1-2/h1,4-6,8-10H,7H2,2H3;1-2H3. The first-order chi connectivity index (χ1) is 8.31. The molecular weight excluding hydrogens is 208 g/mol. The molecule has 0 bridgehead atoms. The Morgan fingerprint density at radius 3 is 2.47 bits per heavy atom. The summed E-state index contributed by atoms with van der Waals surface area (Å²) in [6.07, 6.45) is 7.92. The average Bonchev–Trinajstić information content (AvgIpc) is 2.75. The number of hydrogen-bond donors (Lipinski definition) is 0. The summed E-state index contributed by atoms with van der Waals surface area (Å²) >= 11 is 0. The lowest BCUT2D eigenvalue weighted by atomic mass is 10.2. The van der Waals surface area contributed by atoms with Gasteiger partial charge in [-0.15, -0.1) is 12.3 Å². The predicted octanol–water partition coefficient (Wildman–Crippen LogP) is 3.38. The van der Waals surface area contributed by atoms with Crippen molar-refractivity contribution in [3.8, 4) is 18.0 Å². The molecule has 0 spiro atoms. The van der Waals surface area contributed by atoms with E-state index in [1.165, 1.54) is 0 Å². The maximum atomic E-state index is 5.29. The van der Waals surface area contributed by atoms with E-state index in [1.54, 1.807) is 0 Å². The van der Waals surface area contributed by atoms with E-state index in [9.17, 15) is 0 Å². The van der Waals surface area contributed by atoms with Crippen LogP contribution in [0.15, 0.2) is 36.5 Å². The molecule has 0 atom stereocenters. The Kier molecular flexibility index (Phi) is 5.03. The van der Waals surface area contributed by atoms with Crippen LogP contribution >= 0.6 is 0 Å².